The molecule has 2 aliphatic heterocycles. The number of aromatic nitrogens is 3. The highest BCUT2D eigenvalue weighted by atomic mass is 16.4. The Morgan fingerprint density at radius 1 is 1.38 bits per heavy atom. The Morgan fingerprint density at radius 2 is 2.23 bits per heavy atom. The largest absolute Gasteiger partial charge is 0.481 e. The van der Waals surface area contributed by atoms with Crippen LogP contribution in [0.4, 0.5) is 11.6 Å². The van der Waals surface area contributed by atoms with Crippen LogP contribution in [0.3, 0.4) is 0 Å². The van der Waals surface area contributed by atoms with Gasteiger partial charge in [0.2, 0.25) is 0 Å². The second kappa shape index (κ2) is 6.41. The third-order valence-corrected chi connectivity index (χ3v) is 5.28. The first-order valence-corrected chi connectivity index (χ1v) is 8.86. The van der Waals surface area contributed by atoms with Crippen LogP contribution in [0.25, 0.3) is 11.0 Å². The topological polar surface area (TPSA) is 106 Å². The van der Waals surface area contributed by atoms with E-state index in [1.807, 2.05) is 12.1 Å². The fraction of sp³-hybridized carbons (Fsp3) is 0.500. The summed E-state index contributed by atoms with van der Waals surface area (Å²) < 4.78 is 0. The Labute approximate surface area is 151 Å². The van der Waals surface area contributed by atoms with E-state index in [9.17, 15) is 4.79 Å². The van der Waals surface area contributed by atoms with Crippen LogP contribution in [0.2, 0.25) is 0 Å². The van der Waals surface area contributed by atoms with Gasteiger partial charge in [-0.05, 0) is 25.7 Å². The molecule has 2 fully saturated rings. The van der Waals surface area contributed by atoms with E-state index >= 15 is 0 Å². The van der Waals surface area contributed by atoms with E-state index in [1.165, 1.54) is 6.20 Å². The van der Waals surface area contributed by atoms with E-state index < -0.39 is 5.97 Å². The zero-order valence-corrected chi connectivity index (χ0v) is 14.6. The van der Waals surface area contributed by atoms with Gasteiger partial charge in [0.05, 0.1) is 11.7 Å². The highest BCUT2D eigenvalue weighted by Crippen LogP contribution is 2.34. The number of pyridine rings is 1. The van der Waals surface area contributed by atoms with Crippen LogP contribution in [0.1, 0.15) is 31.9 Å². The van der Waals surface area contributed by atoms with Crippen molar-refractivity contribution in [3.8, 4) is 6.07 Å². The fourth-order valence-electron chi connectivity index (χ4n) is 3.69. The summed E-state index contributed by atoms with van der Waals surface area (Å²) in [6.45, 7) is 4.53. The standard InChI is InChI=1S/C18H20N6O2/c1-11-2-5-24(11)18-17-14(21-13(8-19)9-20-17)7-15(22-18)23-4-3-12(10-23)6-16(25)26/h7,9,11-12H,2-6,10H2,1H3,(H,25,26)/t11-,12+/m0/s1. The molecule has 134 valence electrons. The number of carboxylic acid groups (broad SMARTS) is 1. The Morgan fingerprint density at radius 3 is 2.88 bits per heavy atom. The van der Waals surface area contributed by atoms with Crippen molar-refractivity contribution in [2.24, 2.45) is 5.92 Å². The van der Waals surface area contributed by atoms with Crippen molar-refractivity contribution in [3.63, 3.8) is 0 Å². The van der Waals surface area contributed by atoms with Gasteiger partial charge in [-0.25, -0.2) is 15.0 Å². The maximum absolute atomic E-state index is 11.0. The van der Waals surface area contributed by atoms with E-state index in [4.69, 9.17) is 15.4 Å². The summed E-state index contributed by atoms with van der Waals surface area (Å²) in [5.74, 6) is 0.953. The van der Waals surface area contributed by atoms with Crippen molar-refractivity contribution < 1.29 is 9.90 Å². The molecular weight excluding hydrogens is 332 g/mol. The molecule has 0 radical (unpaired) electrons. The highest BCUT2D eigenvalue weighted by molar-refractivity contribution is 5.89. The van der Waals surface area contributed by atoms with Crippen molar-refractivity contribution >= 4 is 28.6 Å². The van der Waals surface area contributed by atoms with Crippen LogP contribution in [0.15, 0.2) is 12.3 Å². The van der Waals surface area contributed by atoms with Gasteiger partial charge in [0, 0.05) is 38.2 Å². The summed E-state index contributed by atoms with van der Waals surface area (Å²) in [7, 11) is 0. The molecule has 2 aromatic rings. The molecule has 0 spiro atoms. The monoisotopic (exact) mass is 352 g/mol. The number of anilines is 2. The van der Waals surface area contributed by atoms with Crippen molar-refractivity contribution in [2.45, 2.75) is 32.2 Å². The Balaban J connectivity index is 1.73. The van der Waals surface area contributed by atoms with Gasteiger partial charge in [-0.3, -0.25) is 4.79 Å². The number of nitriles is 1. The zero-order valence-electron chi connectivity index (χ0n) is 14.6. The molecule has 8 nitrogen and oxygen atoms in total. The summed E-state index contributed by atoms with van der Waals surface area (Å²) in [5, 5.41) is 18.2. The molecule has 2 aliphatic rings. The van der Waals surface area contributed by atoms with E-state index in [-0.39, 0.29) is 18.0 Å². The lowest BCUT2D eigenvalue weighted by atomic mass is 10.1. The quantitative estimate of drug-likeness (QED) is 0.888. The lowest BCUT2D eigenvalue weighted by Gasteiger charge is -2.40. The number of carboxylic acids is 1. The minimum absolute atomic E-state index is 0.132. The Bertz CT molecular complexity index is 908. The first-order valence-electron chi connectivity index (χ1n) is 8.86. The van der Waals surface area contributed by atoms with E-state index in [1.54, 1.807) is 0 Å². The van der Waals surface area contributed by atoms with E-state index in [0.717, 1.165) is 37.6 Å². The first-order chi connectivity index (χ1) is 12.5. The smallest absolute Gasteiger partial charge is 0.303 e. The number of carbonyl (C=O) groups is 1. The van der Waals surface area contributed by atoms with Gasteiger partial charge in [0.15, 0.2) is 11.5 Å². The lowest BCUT2D eigenvalue weighted by Crippen LogP contribution is -2.46. The third kappa shape index (κ3) is 2.90. The van der Waals surface area contributed by atoms with Gasteiger partial charge < -0.3 is 14.9 Å². The summed E-state index contributed by atoms with van der Waals surface area (Å²) in [4.78, 5) is 29.0. The molecule has 1 N–H and O–H groups in total. The number of hydrogen-bond donors (Lipinski definition) is 1. The minimum Gasteiger partial charge on any atom is -0.481 e. The van der Waals surface area contributed by atoms with Crippen molar-refractivity contribution in [1.82, 2.24) is 15.0 Å². The average molecular weight is 352 g/mol. The number of aliphatic carboxylic acids is 1. The number of rotatable bonds is 4. The van der Waals surface area contributed by atoms with E-state index in [0.29, 0.717) is 23.6 Å². The first kappa shape index (κ1) is 16.5. The normalized spacial score (nSPS) is 22.3. The summed E-state index contributed by atoms with van der Waals surface area (Å²) >= 11 is 0. The van der Waals surface area contributed by atoms with Gasteiger partial charge in [0.25, 0.3) is 0 Å². The predicted molar refractivity (Wildman–Crippen MR) is 96.0 cm³/mol. The lowest BCUT2D eigenvalue weighted by molar-refractivity contribution is -0.137. The molecule has 4 rings (SSSR count). The van der Waals surface area contributed by atoms with Gasteiger partial charge in [0.1, 0.15) is 17.4 Å². The molecule has 0 bridgehead atoms. The molecule has 26 heavy (non-hydrogen) atoms. The molecule has 0 aliphatic carbocycles. The third-order valence-electron chi connectivity index (χ3n) is 5.28. The number of hydrogen-bond acceptors (Lipinski definition) is 7. The second-order valence-electron chi connectivity index (χ2n) is 7.07. The molecule has 0 saturated carbocycles. The maximum Gasteiger partial charge on any atom is 0.303 e. The Kier molecular flexibility index (Phi) is 4.07. The van der Waals surface area contributed by atoms with Crippen molar-refractivity contribution in [1.29, 1.82) is 5.26 Å². The predicted octanol–water partition coefficient (Wildman–Crippen LogP) is 1.80. The van der Waals surface area contributed by atoms with Crippen molar-refractivity contribution in [3.05, 3.63) is 18.0 Å². The van der Waals surface area contributed by atoms with Gasteiger partial charge in [-0.15, -0.1) is 0 Å². The molecule has 0 aromatic carbocycles. The Hall–Kier alpha value is -2.95. The molecule has 4 heterocycles. The zero-order chi connectivity index (χ0) is 18.3. The molecule has 2 saturated heterocycles. The van der Waals surface area contributed by atoms with Crippen LogP contribution in [-0.4, -0.2) is 51.7 Å². The molecule has 2 aromatic heterocycles. The van der Waals surface area contributed by atoms with Crippen LogP contribution >= 0.6 is 0 Å². The molecule has 0 unspecified atom stereocenters. The second-order valence-corrected chi connectivity index (χ2v) is 7.07. The van der Waals surface area contributed by atoms with Crippen LogP contribution in [-0.2, 0) is 4.79 Å². The van der Waals surface area contributed by atoms with Crippen LogP contribution in [0, 0.1) is 17.2 Å². The van der Waals surface area contributed by atoms with Gasteiger partial charge in [-0.1, -0.05) is 0 Å². The summed E-state index contributed by atoms with van der Waals surface area (Å²) in [6, 6.07) is 4.30. The number of nitrogens with zero attached hydrogens (tertiary/aromatic N) is 6. The molecule has 0 amide bonds. The van der Waals surface area contributed by atoms with Gasteiger partial charge in [-0.2, -0.15) is 5.26 Å². The van der Waals surface area contributed by atoms with E-state index in [2.05, 4.69) is 26.7 Å². The van der Waals surface area contributed by atoms with Crippen LogP contribution in [0.5, 0.6) is 0 Å². The van der Waals surface area contributed by atoms with Gasteiger partial charge >= 0.3 is 5.97 Å². The molecular formula is C18H20N6O2. The van der Waals surface area contributed by atoms with Crippen LogP contribution < -0.4 is 9.80 Å². The molecule has 2 atom stereocenters. The average Bonchev–Trinajstić information content (AvgIpc) is 3.07. The fourth-order valence-corrected chi connectivity index (χ4v) is 3.69. The molecule has 8 heteroatoms. The number of fused-ring (bicyclic) bond motifs is 1. The minimum atomic E-state index is -0.761. The highest BCUT2D eigenvalue weighted by Gasteiger charge is 2.30. The SMILES string of the molecule is C[C@H]1CCN1c1nc(N2CC[C@H](CC(=O)O)C2)cc2nc(C#N)cnc12. The maximum atomic E-state index is 11.0. The summed E-state index contributed by atoms with van der Waals surface area (Å²) in [5.41, 5.74) is 1.65. The summed E-state index contributed by atoms with van der Waals surface area (Å²) in [6.07, 6.45) is 3.61. The van der Waals surface area contributed by atoms with Crippen molar-refractivity contribution in [2.75, 3.05) is 29.4 Å².